The molecule has 2 aliphatic heterocycles. The normalized spacial score (nSPS) is 20.3. The summed E-state index contributed by atoms with van der Waals surface area (Å²) in [5.74, 6) is -2.79. The van der Waals surface area contributed by atoms with Crippen molar-refractivity contribution in [2.75, 3.05) is 24.7 Å². The van der Waals surface area contributed by atoms with Crippen molar-refractivity contribution >= 4 is 57.7 Å². The first-order chi connectivity index (χ1) is 15.6. The molecule has 3 heterocycles. The second-order valence-corrected chi connectivity index (χ2v) is 9.59. The van der Waals surface area contributed by atoms with Gasteiger partial charge in [-0.1, -0.05) is 19.0 Å². The number of ether oxygens (including phenoxy) is 1. The van der Waals surface area contributed by atoms with Gasteiger partial charge in [-0.15, -0.1) is 23.1 Å². The first-order valence-corrected chi connectivity index (χ1v) is 11.8. The zero-order valence-electron chi connectivity index (χ0n) is 18.1. The number of amides is 2. The van der Waals surface area contributed by atoms with Gasteiger partial charge in [0.25, 0.3) is 11.8 Å². The molecule has 0 spiro atoms. The highest BCUT2D eigenvalue weighted by Crippen LogP contribution is 2.40. The number of carboxylic acids is 1. The average Bonchev–Trinajstić information content (AvgIpc) is 3.17. The van der Waals surface area contributed by atoms with Crippen LogP contribution < -0.4 is 11.1 Å². The summed E-state index contributed by atoms with van der Waals surface area (Å²) in [5.41, 5.74) is 5.79. The molecule has 33 heavy (non-hydrogen) atoms. The van der Waals surface area contributed by atoms with E-state index >= 15 is 0 Å². The van der Waals surface area contributed by atoms with Gasteiger partial charge in [0.1, 0.15) is 36.0 Å². The lowest BCUT2D eigenvalue weighted by molar-refractivity contribution is -0.150. The molecule has 0 aliphatic carbocycles. The molecule has 0 aromatic carbocycles. The van der Waals surface area contributed by atoms with Crippen molar-refractivity contribution in [2.45, 2.75) is 32.2 Å². The number of hydrogen-bond acceptors (Lipinski definition) is 11. The van der Waals surface area contributed by atoms with E-state index in [9.17, 15) is 24.3 Å². The maximum Gasteiger partial charge on any atom is 0.352 e. The number of nitrogens with zero attached hydrogens (tertiary/aromatic N) is 3. The molecule has 1 fully saturated rings. The highest BCUT2D eigenvalue weighted by molar-refractivity contribution is 8.00. The van der Waals surface area contributed by atoms with E-state index in [-0.39, 0.29) is 47.1 Å². The summed E-state index contributed by atoms with van der Waals surface area (Å²) in [6, 6.07) is -0.974. The number of nitrogens with two attached hydrogens (primary N) is 1. The molecule has 1 aromatic rings. The number of carboxylic acid groups (broad SMARTS) is 1. The molecule has 2 amide bonds. The van der Waals surface area contributed by atoms with Crippen molar-refractivity contribution in [3.8, 4) is 0 Å². The minimum Gasteiger partial charge on any atom is -0.477 e. The summed E-state index contributed by atoms with van der Waals surface area (Å²) in [6.45, 7) is 5.08. The molecule has 0 saturated carbocycles. The second kappa shape index (κ2) is 10.2. The molecular formula is C19H23N5O7S2. The third-order valence-electron chi connectivity index (χ3n) is 4.53. The smallest absolute Gasteiger partial charge is 0.352 e. The molecule has 12 nitrogen and oxygen atoms in total. The molecule has 0 radical (unpaired) electrons. The van der Waals surface area contributed by atoms with Gasteiger partial charge in [-0.3, -0.25) is 19.3 Å². The zero-order valence-corrected chi connectivity index (χ0v) is 19.7. The number of fused-ring (bicyclic) bond motifs is 1. The Morgan fingerprint density at radius 3 is 2.73 bits per heavy atom. The van der Waals surface area contributed by atoms with E-state index in [1.54, 1.807) is 5.38 Å². The SMILES string of the molecule is CC(=O)OCC1=C(C(=O)O)N2C(=O)C(NC(=O)C(=NOCC(C)C)c3csc(N)n3)[C@H]2SC1. The highest BCUT2D eigenvalue weighted by Gasteiger charge is 2.54. The Hall–Kier alpha value is -3.13. The van der Waals surface area contributed by atoms with Crippen LogP contribution in [0.5, 0.6) is 0 Å². The van der Waals surface area contributed by atoms with Gasteiger partial charge in [0, 0.05) is 23.6 Å². The molecular weight excluding hydrogens is 474 g/mol. The molecule has 2 atom stereocenters. The number of carbonyl (C=O) groups excluding carboxylic acids is 3. The molecule has 1 saturated heterocycles. The molecule has 0 bridgehead atoms. The van der Waals surface area contributed by atoms with Crippen molar-refractivity contribution in [1.29, 1.82) is 0 Å². The minimum absolute atomic E-state index is 0.139. The van der Waals surface area contributed by atoms with Crippen LogP contribution in [0, 0.1) is 5.92 Å². The van der Waals surface area contributed by atoms with E-state index in [1.165, 1.54) is 18.7 Å². The average molecular weight is 498 g/mol. The fraction of sp³-hybridized carbons (Fsp3) is 0.474. The molecule has 1 aromatic heterocycles. The number of esters is 1. The van der Waals surface area contributed by atoms with Gasteiger partial charge < -0.3 is 25.7 Å². The van der Waals surface area contributed by atoms with Crippen molar-refractivity contribution < 1.29 is 33.9 Å². The molecule has 2 aliphatic rings. The minimum atomic E-state index is -1.32. The predicted octanol–water partition coefficient (Wildman–Crippen LogP) is 0.404. The number of oxime groups is 1. The van der Waals surface area contributed by atoms with E-state index < -0.39 is 35.2 Å². The number of aliphatic carboxylic acids is 1. The van der Waals surface area contributed by atoms with Crippen molar-refractivity contribution in [2.24, 2.45) is 11.1 Å². The van der Waals surface area contributed by atoms with Crippen LogP contribution in [0.2, 0.25) is 0 Å². The fourth-order valence-electron chi connectivity index (χ4n) is 3.04. The van der Waals surface area contributed by atoms with Gasteiger partial charge in [-0.05, 0) is 5.92 Å². The summed E-state index contributed by atoms with van der Waals surface area (Å²) in [4.78, 5) is 59.0. The van der Waals surface area contributed by atoms with E-state index in [0.29, 0.717) is 5.57 Å². The summed E-state index contributed by atoms with van der Waals surface area (Å²) in [6.07, 6.45) is 0. The quantitative estimate of drug-likeness (QED) is 0.188. The number of hydrogen-bond donors (Lipinski definition) is 3. The molecule has 178 valence electrons. The lowest BCUT2D eigenvalue weighted by Gasteiger charge is -2.49. The number of β-lactam (4-membered cyclic amide) rings is 1. The van der Waals surface area contributed by atoms with Gasteiger partial charge >= 0.3 is 11.9 Å². The predicted molar refractivity (Wildman–Crippen MR) is 120 cm³/mol. The van der Waals surface area contributed by atoms with E-state index in [2.05, 4.69) is 15.5 Å². The van der Waals surface area contributed by atoms with Crippen LogP contribution in [-0.2, 0) is 28.8 Å². The van der Waals surface area contributed by atoms with Crippen LogP contribution in [-0.4, -0.2) is 74.8 Å². The maximum absolute atomic E-state index is 12.9. The summed E-state index contributed by atoms with van der Waals surface area (Å²) in [7, 11) is 0. The standard InChI is InChI=1S/C19H23N5O7S2/c1-8(2)4-31-23-12(11-7-33-19(20)21-11)15(26)22-13-16(27)24-14(18(28)29)10(5-30-9(3)25)6-32-17(13)24/h7-8,13,17H,4-6H2,1-3H3,(H2,20,21)(H,22,26)(H,28,29)/t13?,17-/m1/s1. The summed E-state index contributed by atoms with van der Waals surface area (Å²) < 4.78 is 4.91. The van der Waals surface area contributed by atoms with E-state index in [1.807, 2.05) is 13.8 Å². The second-order valence-electron chi connectivity index (χ2n) is 7.60. The highest BCUT2D eigenvalue weighted by atomic mass is 32.2. The first kappa shape index (κ1) is 24.5. The number of thiazole rings is 1. The van der Waals surface area contributed by atoms with Crippen LogP contribution in [0.15, 0.2) is 21.8 Å². The van der Waals surface area contributed by atoms with E-state index in [0.717, 1.165) is 16.2 Å². The molecule has 14 heteroatoms. The van der Waals surface area contributed by atoms with Crippen LogP contribution in [0.4, 0.5) is 5.13 Å². The maximum atomic E-state index is 12.9. The number of thioether (sulfide) groups is 1. The van der Waals surface area contributed by atoms with Crippen molar-refractivity contribution in [3.63, 3.8) is 0 Å². The Morgan fingerprint density at radius 2 is 2.15 bits per heavy atom. The van der Waals surface area contributed by atoms with Crippen LogP contribution >= 0.6 is 23.1 Å². The largest absolute Gasteiger partial charge is 0.477 e. The monoisotopic (exact) mass is 497 g/mol. The Balaban J connectivity index is 1.77. The number of nitrogens with one attached hydrogen (secondary N) is 1. The molecule has 3 rings (SSSR count). The fourth-order valence-corrected chi connectivity index (χ4v) is 4.92. The number of anilines is 1. The molecule has 4 N–H and O–H groups in total. The lowest BCUT2D eigenvalue weighted by atomic mass is 10.0. The number of carbonyl (C=O) groups is 4. The van der Waals surface area contributed by atoms with Crippen LogP contribution in [0.1, 0.15) is 26.5 Å². The van der Waals surface area contributed by atoms with Gasteiger partial charge in [-0.25, -0.2) is 9.78 Å². The Labute approximate surface area is 197 Å². The summed E-state index contributed by atoms with van der Waals surface area (Å²) >= 11 is 2.38. The molecule has 1 unspecified atom stereocenters. The Kier molecular flexibility index (Phi) is 7.58. The topological polar surface area (TPSA) is 174 Å². The lowest BCUT2D eigenvalue weighted by Crippen LogP contribution is -2.71. The first-order valence-electron chi connectivity index (χ1n) is 9.85. The van der Waals surface area contributed by atoms with Crippen LogP contribution in [0.3, 0.4) is 0 Å². The van der Waals surface area contributed by atoms with Gasteiger partial charge in [0.05, 0.1) is 0 Å². The zero-order chi connectivity index (χ0) is 24.3. The Bertz CT molecular complexity index is 1040. The van der Waals surface area contributed by atoms with Gasteiger partial charge in [0.2, 0.25) is 0 Å². The van der Waals surface area contributed by atoms with Crippen molar-refractivity contribution in [1.82, 2.24) is 15.2 Å². The van der Waals surface area contributed by atoms with E-state index in [4.69, 9.17) is 15.3 Å². The van der Waals surface area contributed by atoms with Crippen molar-refractivity contribution in [3.05, 3.63) is 22.3 Å². The number of rotatable bonds is 9. The van der Waals surface area contributed by atoms with Crippen LogP contribution in [0.25, 0.3) is 0 Å². The summed E-state index contributed by atoms with van der Waals surface area (Å²) in [5, 5.41) is 17.3. The van der Waals surface area contributed by atoms with Gasteiger partial charge in [0.15, 0.2) is 10.8 Å². The Morgan fingerprint density at radius 1 is 1.42 bits per heavy atom. The third-order valence-corrected chi connectivity index (χ3v) is 6.54. The number of aromatic nitrogens is 1. The third kappa shape index (κ3) is 5.45. The number of nitrogen functional groups attached to an aromatic ring is 1. The van der Waals surface area contributed by atoms with Gasteiger partial charge in [-0.2, -0.15) is 0 Å².